The van der Waals surface area contributed by atoms with Crippen molar-refractivity contribution in [1.82, 2.24) is 10.2 Å². The molecule has 0 spiro atoms. The van der Waals surface area contributed by atoms with Crippen molar-refractivity contribution in [3.63, 3.8) is 0 Å². The molecule has 0 aliphatic carbocycles. The van der Waals surface area contributed by atoms with Crippen molar-refractivity contribution >= 4 is 17.0 Å². The Balaban J connectivity index is 2.49. The number of benzene rings is 1. The number of nitrogens with zero attached hydrogens (tertiary/aromatic N) is 2. The fourth-order valence-electron chi connectivity index (χ4n) is 1.11. The predicted octanol–water partition coefficient (Wildman–Crippen LogP) is 1.41. The van der Waals surface area contributed by atoms with E-state index in [1.807, 2.05) is 0 Å². The summed E-state index contributed by atoms with van der Waals surface area (Å²) in [6, 6.07) is 5.99. The third kappa shape index (κ3) is 1.91. The Morgan fingerprint density at radius 1 is 1.47 bits per heavy atom. The summed E-state index contributed by atoms with van der Waals surface area (Å²) in [5.41, 5.74) is 0.544. The molecule has 0 aliphatic rings. The fourth-order valence-corrected chi connectivity index (χ4v) is 1.71. The van der Waals surface area contributed by atoms with Crippen molar-refractivity contribution in [3.8, 4) is 10.6 Å². The van der Waals surface area contributed by atoms with E-state index in [2.05, 4.69) is 10.2 Å². The minimum atomic E-state index is -0.487. The first-order chi connectivity index (χ1) is 7.16. The maximum Gasteiger partial charge on any atom is 0.322 e. The molecule has 1 aromatic heterocycles. The van der Waals surface area contributed by atoms with Gasteiger partial charge in [0.1, 0.15) is 5.01 Å². The first kappa shape index (κ1) is 9.53. The van der Waals surface area contributed by atoms with Gasteiger partial charge in [-0.05, 0) is 0 Å². The van der Waals surface area contributed by atoms with Gasteiger partial charge in [0.25, 0.3) is 5.69 Å². The predicted molar refractivity (Wildman–Crippen MR) is 54.8 cm³/mol. The molecule has 1 aromatic carbocycles. The fraction of sp³-hybridized carbons (Fsp3) is 0. The molecule has 0 saturated heterocycles. The van der Waals surface area contributed by atoms with E-state index >= 15 is 0 Å². The van der Waals surface area contributed by atoms with Crippen molar-refractivity contribution in [2.75, 3.05) is 0 Å². The van der Waals surface area contributed by atoms with Gasteiger partial charge < -0.3 is 0 Å². The second-order valence-electron chi connectivity index (χ2n) is 2.73. The summed E-state index contributed by atoms with van der Waals surface area (Å²) in [6.45, 7) is 0. The molecule has 0 unspecified atom stereocenters. The quantitative estimate of drug-likeness (QED) is 0.615. The van der Waals surface area contributed by atoms with Gasteiger partial charge in [-0.2, -0.15) is 5.10 Å². The average Bonchev–Trinajstić information content (AvgIpc) is 2.65. The van der Waals surface area contributed by atoms with Gasteiger partial charge in [0.2, 0.25) is 0 Å². The van der Waals surface area contributed by atoms with Crippen LogP contribution in [0.25, 0.3) is 10.6 Å². The zero-order chi connectivity index (χ0) is 10.8. The van der Waals surface area contributed by atoms with Crippen molar-refractivity contribution in [3.05, 3.63) is 44.0 Å². The van der Waals surface area contributed by atoms with Gasteiger partial charge in [-0.25, -0.2) is 5.10 Å². The highest BCUT2D eigenvalue weighted by atomic mass is 32.1. The number of nitro benzene ring substituents is 1. The van der Waals surface area contributed by atoms with Crippen molar-refractivity contribution < 1.29 is 4.92 Å². The molecule has 2 rings (SSSR count). The number of rotatable bonds is 2. The Hall–Kier alpha value is -2.02. The van der Waals surface area contributed by atoms with E-state index in [0.717, 1.165) is 11.3 Å². The molecule has 0 saturated carbocycles. The number of aromatic amines is 1. The van der Waals surface area contributed by atoms with Crippen molar-refractivity contribution in [2.24, 2.45) is 0 Å². The van der Waals surface area contributed by atoms with Gasteiger partial charge in [-0.1, -0.05) is 23.5 Å². The van der Waals surface area contributed by atoms with Gasteiger partial charge in [-0.3, -0.25) is 14.9 Å². The molecule has 76 valence electrons. The van der Waals surface area contributed by atoms with Gasteiger partial charge in [0.05, 0.1) is 4.92 Å². The summed E-state index contributed by atoms with van der Waals surface area (Å²) >= 11 is 0.916. The van der Waals surface area contributed by atoms with E-state index in [1.165, 1.54) is 12.1 Å². The smallest absolute Gasteiger partial charge is 0.258 e. The van der Waals surface area contributed by atoms with E-state index in [-0.39, 0.29) is 10.6 Å². The summed E-state index contributed by atoms with van der Waals surface area (Å²) in [7, 11) is 0. The molecular weight excluding hydrogens is 218 g/mol. The molecule has 0 amide bonds. The van der Waals surface area contributed by atoms with Crippen LogP contribution in [0.2, 0.25) is 0 Å². The van der Waals surface area contributed by atoms with Crippen LogP contribution in [-0.2, 0) is 0 Å². The number of hydrogen-bond acceptors (Lipinski definition) is 5. The van der Waals surface area contributed by atoms with Crippen LogP contribution >= 0.6 is 11.3 Å². The second-order valence-corrected chi connectivity index (χ2v) is 3.69. The Bertz CT molecular complexity index is 560. The summed E-state index contributed by atoms with van der Waals surface area (Å²) in [5, 5.41) is 17.0. The molecule has 0 radical (unpaired) electrons. The highest BCUT2D eigenvalue weighted by Crippen LogP contribution is 2.22. The SMILES string of the molecule is O=c1[nH]nc(-c2cccc([N+](=O)[O-])c2)s1. The lowest BCUT2D eigenvalue weighted by Crippen LogP contribution is -1.90. The standard InChI is InChI=1S/C8H5N3O3S/c12-8-10-9-7(15-8)5-2-1-3-6(4-5)11(13)14/h1-4H,(H,10,12). The number of H-pyrrole nitrogens is 1. The molecule has 0 fully saturated rings. The summed E-state index contributed by atoms with van der Waals surface area (Å²) in [5.74, 6) is 0. The Morgan fingerprint density at radius 3 is 2.87 bits per heavy atom. The van der Waals surface area contributed by atoms with Gasteiger partial charge in [0, 0.05) is 17.7 Å². The zero-order valence-electron chi connectivity index (χ0n) is 7.34. The van der Waals surface area contributed by atoms with Crippen LogP contribution in [0.1, 0.15) is 0 Å². The number of nitro groups is 1. The Kier molecular flexibility index (Phi) is 2.30. The first-order valence-electron chi connectivity index (χ1n) is 3.97. The molecule has 1 heterocycles. The molecule has 2 aromatic rings. The van der Waals surface area contributed by atoms with Crippen LogP contribution < -0.4 is 4.87 Å². The summed E-state index contributed by atoms with van der Waals surface area (Å²) < 4.78 is 0. The number of nitrogens with one attached hydrogen (secondary N) is 1. The minimum absolute atomic E-state index is 0.0184. The average molecular weight is 223 g/mol. The van der Waals surface area contributed by atoms with Gasteiger partial charge >= 0.3 is 4.87 Å². The zero-order valence-corrected chi connectivity index (χ0v) is 8.15. The maximum atomic E-state index is 10.8. The highest BCUT2D eigenvalue weighted by Gasteiger charge is 2.09. The monoisotopic (exact) mass is 223 g/mol. The second kappa shape index (κ2) is 3.62. The van der Waals surface area contributed by atoms with Gasteiger partial charge in [0.15, 0.2) is 0 Å². The minimum Gasteiger partial charge on any atom is -0.258 e. The van der Waals surface area contributed by atoms with Crippen LogP contribution in [0.4, 0.5) is 5.69 Å². The first-order valence-corrected chi connectivity index (χ1v) is 4.79. The summed E-state index contributed by atoms with van der Waals surface area (Å²) in [6.07, 6.45) is 0. The third-order valence-electron chi connectivity index (χ3n) is 1.74. The topological polar surface area (TPSA) is 88.9 Å². The van der Waals surface area contributed by atoms with Crippen LogP contribution in [-0.4, -0.2) is 15.1 Å². The molecular formula is C8H5N3O3S. The Morgan fingerprint density at radius 2 is 2.27 bits per heavy atom. The number of hydrogen-bond donors (Lipinski definition) is 1. The lowest BCUT2D eigenvalue weighted by atomic mass is 10.2. The van der Waals surface area contributed by atoms with E-state index in [0.29, 0.717) is 10.6 Å². The van der Waals surface area contributed by atoms with Crippen LogP contribution in [0, 0.1) is 10.1 Å². The largest absolute Gasteiger partial charge is 0.322 e. The lowest BCUT2D eigenvalue weighted by Gasteiger charge is -1.94. The van der Waals surface area contributed by atoms with Crippen LogP contribution in [0.3, 0.4) is 0 Å². The van der Waals surface area contributed by atoms with E-state index < -0.39 is 4.92 Å². The molecule has 1 N–H and O–H groups in total. The van der Waals surface area contributed by atoms with Crippen LogP contribution in [0.5, 0.6) is 0 Å². The molecule has 0 bridgehead atoms. The van der Waals surface area contributed by atoms with Crippen molar-refractivity contribution in [1.29, 1.82) is 0 Å². The lowest BCUT2D eigenvalue weighted by molar-refractivity contribution is -0.384. The maximum absolute atomic E-state index is 10.8. The molecule has 0 aliphatic heterocycles. The number of non-ortho nitro benzene ring substituents is 1. The number of aromatic nitrogens is 2. The highest BCUT2D eigenvalue weighted by molar-refractivity contribution is 7.12. The molecule has 7 heteroatoms. The summed E-state index contributed by atoms with van der Waals surface area (Å²) in [4.78, 5) is 20.6. The van der Waals surface area contributed by atoms with Gasteiger partial charge in [-0.15, -0.1) is 0 Å². The third-order valence-corrected chi connectivity index (χ3v) is 2.54. The van der Waals surface area contributed by atoms with E-state index in [9.17, 15) is 14.9 Å². The molecule has 6 nitrogen and oxygen atoms in total. The van der Waals surface area contributed by atoms with Crippen molar-refractivity contribution in [2.45, 2.75) is 0 Å². The molecule has 0 atom stereocenters. The Labute approximate surface area is 87.4 Å². The van der Waals surface area contributed by atoms with E-state index in [4.69, 9.17) is 0 Å². The normalized spacial score (nSPS) is 10.1. The van der Waals surface area contributed by atoms with E-state index in [1.54, 1.807) is 12.1 Å². The molecule has 15 heavy (non-hydrogen) atoms. The van der Waals surface area contributed by atoms with Crippen LogP contribution in [0.15, 0.2) is 29.1 Å².